The third kappa shape index (κ3) is 6.86. The molecule has 1 aromatic heterocycles. The summed E-state index contributed by atoms with van der Waals surface area (Å²) in [4.78, 5) is 42.8. The third-order valence-electron chi connectivity index (χ3n) is 4.46. The summed E-state index contributed by atoms with van der Waals surface area (Å²) in [6.07, 6.45) is 1.59. The fourth-order valence-electron chi connectivity index (χ4n) is 2.70. The molecule has 0 aliphatic heterocycles. The van der Waals surface area contributed by atoms with E-state index in [1.54, 1.807) is 16.7 Å². The van der Waals surface area contributed by atoms with Crippen molar-refractivity contribution >= 4 is 34.6 Å². The highest BCUT2D eigenvalue weighted by atomic mass is 32.2. The molecule has 9 heteroatoms. The van der Waals surface area contributed by atoms with E-state index in [9.17, 15) is 14.4 Å². The van der Waals surface area contributed by atoms with Crippen LogP contribution in [0.2, 0.25) is 0 Å². The molecule has 0 radical (unpaired) electrons. The largest absolute Gasteiger partial charge is 0.340 e. The van der Waals surface area contributed by atoms with Gasteiger partial charge < -0.3 is 10.2 Å². The van der Waals surface area contributed by atoms with E-state index in [0.29, 0.717) is 22.6 Å². The molecule has 0 aliphatic carbocycles. The molecule has 0 saturated heterocycles. The van der Waals surface area contributed by atoms with Gasteiger partial charge in [0.05, 0.1) is 37.3 Å². The molecule has 1 aromatic carbocycles. The van der Waals surface area contributed by atoms with Gasteiger partial charge in [-0.1, -0.05) is 30.8 Å². The molecule has 0 unspecified atom stereocenters. The predicted octanol–water partition coefficient (Wildman–Crippen LogP) is 0.648. The summed E-state index contributed by atoms with van der Waals surface area (Å²) < 4.78 is 1.63. The molecule has 158 valence electrons. The van der Waals surface area contributed by atoms with Crippen molar-refractivity contribution in [3.05, 3.63) is 34.6 Å². The third-order valence-corrected chi connectivity index (χ3v) is 5.44. The van der Waals surface area contributed by atoms with Gasteiger partial charge in [-0.3, -0.25) is 19.5 Å². The van der Waals surface area contributed by atoms with Crippen LogP contribution in [0.15, 0.2) is 34.2 Å². The molecule has 0 fully saturated rings. The van der Waals surface area contributed by atoms with Gasteiger partial charge in [0.2, 0.25) is 5.91 Å². The second kappa shape index (κ2) is 11.0. The van der Waals surface area contributed by atoms with Crippen molar-refractivity contribution in [2.75, 3.05) is 26.4 Å². The summed E-state index contributed by atoms with van der Waals surface area (Å²) in [6.45, 7) is 5.26. The number of quaternary nitrogens is 1. The van der Waals surface area contributed by atoms with Crippen LogP contribution in [0.1, 0.15) is 26.7 Å². The fourth-order valence-corrected chi connectivity index (χ4v) is 3.53. The molecule has 0 saturated carbocycles. The van der Waals surface area contributed by atoms with Crippen LogP contribution in [0.4, 0.5) is 4.79 Å². The van der Waals surface area contributed by atoms with Gasteiger partial charge in [0.25, 0.3) is 5.56 Å². The Labute approximate surface area is 175 Å². The molecule has 0 bridgehead atoms. The topological polar surface area (TPSA) is 97.5 Å². The lowest BCUT2D eigenvalue weighted by Gasteiger charge is -2.14. The predicted molar refractivity (Wildman–Crippen MR) is 115 cm³/mol. The lowest BCUT2D eigenvalue weighted by Crippen LogP contribution is -3.05. The Balaban J connectivity index is 2.14. The zero-order valence-electron chi connectivity index (χ0n) is 17.4. The summed E-state index contributed by atoms with van der Waals surface area (Å²) in [5, 5.41) is 6.05. The number of urea groups is 1. The van der Waals surface area contributed by atoms with Crippen LogP contribution >= 0.6 is 11.8 Å². The highest BCUT2D eigenvalue weighted by molar-refractivity contribution is 7.99. The number of carbonyl (C=O) groups is 2. The first-order chi connectivity index (χ1) is 13.8. The first kappa shape index (κ1) is 22.9. The van der Waals surface area contributed by atoms with E-state index in [0.717, 1.165) is 31.1 Å². The normalized spacial score (nSPS) is 12.2. The maximum absolute atomic E-state index is 12.9. The van der Waals surface area contributed by atoms with E-state index in [-0.39, 0.29) is 17.4 Å². The van der Waals surface area contributed by atoms with Crippen LogP contribution < -0.4 is 21.1 Å². The van der Waals surface area contributed by atoms with Crippen molar-refractivity contribution in [1.29, 1.82) is 0 Å². The highest BCUT2D eigenvalue weighted by Crippen LogP contribution is 2.17. The molecule has 3 amide bonds. The summed E-state index contributed by atoms with van der Waals surface area (Å²) in [6, 6.07) is 6.67. The first-order valence-electron chi connectivity index (χ1n) is 9.83. The van der Waals surface area contributed by atoms with E-state index in [1.807, 2.05) is 26.0 Å². The zero-order valence-corrected chi connectivity index (χ0v) is 18.3. The van der Waals surface area contributed by atoms with E-state index >= 15 is 0 Å². The minimum absolute atomic E-state index is 0.00234. The molecule has 0 aliphatic rings. The second-order valence-electron chi connectivity index (χ2n) is 7.30. The standard InChI is InChI=1S/C20H29N5O3S/c1-5-14(2)21-19(28)23-17(26)13-29-20-22-16-10-7-6-9-15(16)18(27)25(20)12-8-11-24(3)4/h6-7,9-10,14H,5,8,11-13H2,1-4H3,(H2,21,23,26,28)/p+1/t14-/m1/s1. The first-order valence-corrected chi connectivity index (χ1v) is 10.8. The molecular formula is C20H30N5O3S+. The number of hydrogen-bond acceptors (Lipinski definition) is 5. The van der Waals surface area contributed by atoms with Crippen LogP contribution in [-0.2, 0) is 11.3 Å². The van der Waals surface area contributed by atoms with Gasteiger partial charge in [-0.2, -0.15) is 0 Å². The van der Waals surface area contributed by atoms with E-state index in [2.05, 4.69) is 29.7 Å². The van der Waals surface area contributed by atoms with E-state index < -0.39 is 11.9 Å². The van der Waals surface area contributed by atoms with Crippen molar-refractivity contribution in [3.8, 4) is 0 Å². The Morgan fingerprint density at radius 1 is 1.28 bits per heavy atom. The second-order valence-corrected chi connectivity index (χ2v) is 8.24. The number of amides is 3. The summed E-state index contributed by atoms with van der Waals surface area (Å²) >= 11 is 1.16. The number of imide groups is 1. The molecule has 1 heterocycles. The highest BCUT2D eigenvalue weighted by Gasteiger charge is 2.15. The van der Waals surface area contributed by atoms with Gasteiger partial charge in [-0.15, -0.1) is 0 Å². The monoisotopic (exact) mass is 420 g/mol. The smallest absolute Gasteiger partial charge is 0.321 e. The van der Waals surface area contributed by atoms with Gasteiger partial charge in [0, 0.05) is 19.0 Å². The number of hydrogen-bond donors (Lipinski definition) is 3. The van der Waals surface area contributed by atoms with Crippen molar-refractivity contribution < 1.29 is 14.5 Å². The Morgan fingerprint density at radius 2 is 2.00 bits per heavy atom. The van der Waals surface area contributed by atoms with Crippen molar-refractivity contribution in [1.82, 2.24) is 20.2 Å². The van der Waals surface area contributed by atoms with Crippen LogP contribution in [0.5, 0.6) is 0 Å². The molecule has 29 heavy (non-hydrogen) atoms. The molecule has 2 rings (SSSR count). The molecule has 3 N–H and O–H groups in total. The number of para-hydroxylation sites is 1. The Hall–Kier alpha value is -2.39. The lowest BCUT2D eigenvalue weighted by molar-refractivity contribution is -0.858. The summed E-state index contributed by atoms with van der Waals surface area (Å²) in [7, 11) is 4.12. The maximum Gasteiger partial charge on any atom is 0.321 e. The van der Waals surface area contributed by atoms with Crippen LogP contribution in [-0.4, -0.2) is 53.9 Å². The lowest BCUT2D eigenvalue weighted by atomic mass is 10.2. The van der Waals surface area contributed by atoms with E-state index in [4.69, 9.17) is 0 Å². The number of aromatic nitrogens is 2. The number of nitrogens with zero attached hydrogens (tertiary/aromatic N) is 2. The molecule has 8 nitrogen and oxygen atoms in total. The van der Waals surface area contributed by atoms with Gasteiger partial charge >= 0.3 is 6.03 Å². The van der Waals surface area contributed by atoms with Crippen LogP contribution in [0.3, 0.4) is 0 Å². The van der Waals surface area contributed by atoms with Gasteiger partial charge in [0.1, 0.15) is 0 Å². The van der Waals surface area contributed by atoms with Crippen molar-refractivity contribution in [3.63, 3.8) is 0 Å². The van der Waals surface area contributed by atoms with Crippen molar-refractivity contribution in [2.24, 2.45) is 0 Å². The molecule has 0 spiro atoms. The van der Waals surface area contributed by atoms with Gasteiger partial charge in [0.15, 0.2) is 5.16 Å². The number of benzene rings is 1. The molecular weight excluding hydrogens is 390 g/mol. The minimum Gasteiger partial charge on any atom is -0.340 e. The average Bonchev–Trinajstić information content (AvgIpc) is 2.67. The SMILES string of the molecule is CC[C@@H](C)NC(=O)NC(=O)CSc1nc2ccccc2c(=O)n1CCC[NH+](C)C. The Kier molecular flexibility index (Phi) is 8.66. The zero-order chi connectivity index (χ0) is 21.4. The molecule has 2 aromatic rings. The number of fused-ring (bicyclic) bond motifs is 1. The average molecular weight is 421 g/mol. The van der Waals surface area contributed by atoms with Crippen molar-refractivity contribution in [2.45, 2.75) is 44.4 Å². The van der Waals surface area contributed by atoms with Crippen LogP contribution in [0, 0.1) is 0 Å². The summed E-state index contributed by atoms with van der Waals surface area (Å²) in [5.74, 6) is -0.431. The van der Waals surface area contributed by atoms with E-state index in [1.165, 1.54) is 4.90 Å². The molecule has 1 atom stereocenters. The Bertz CT molecular complexity index is 913. The maximum atomic E-state index is 12.9. The number of rotatable bonds is 9. The Morgan fingerprint density at radius 3 is 2.69 bits per heavy atom. The fraction of sp³-hybridized carbons (Fsp3) is 0.500. The number of nitrogens with one attached hydrogen (secondary N) is 3. The van der Waals surface area contributed by atoms with Gasteiger partial charge in [-0.05, 0) is 25.5 Å². The minimum atomic E-state index is -0.511. The van der Waals surface area contributed by atoms with Gasteiger partial charge in [-0.25, -0.2) is 9.78 Å². The summed E-state index contributed by atoms with van der Waals surface area (Å²) in [5.41, 5.74) is 0.492. The number of carbonyl (C=O) groups excluding carboxylic acids is 2. The number of thioether (sulfide) groups is 1. The quantitative estimate of drug-likeness (QED) is 0.409. The van der Waals surface area contributed by atoms with Crippen LogP contribution in [0.25, 0.3) is 10.9 Å².